The van der Waals surface area contributed by atoms with Crippen LogP contribution in [0.2, 0.25) is 0 Å². The van der Waals surface area contributed by atoms with Gasteiger partial charge in [0.1, 0.15) is 17.3 Å². The van der Waals surface area contributed by atoms with Crippen LogP contribution < -0.4 is 10.1 Å². The molecular formula is C37H55NO3. The van der Waals surface area contributed by atoms with E-state index >= 15 is 0 Å². The molecule has 0 aromatic heterocycles. The molecule has 41 heavy (non-hydrogen) atoms. The summed E-state index contributed by atoms with van der Waals surface area (Å²) in [6.45, 7) is 5.41. The Morgan fingerprint density at radius 2 is 1.83 bits per heavy atom. The molecule has 0 heterocycles. The number of hydrogen-bond donors (Lipinski definition) is 1. The number of ether oxygens (including phenoxy) is 1. The van der Waals surface area contributed by atoms with Crippen LogP contribution in [-0.4, -0.2) is 24.2 Å². The summed E-state index contributed by atoms with van der Waals surface area (Å²) in [5.41, 5.74) is 1.47. The minimum absolute atomic E-state index is 0.182. The third-order valence-electron chi connectivity index (χ3n) is 12.9. The number of carbonyl (C=O) groups is 2. The van der Waals surface area contributed by atoms with Gasteiger partial charge in [0.05, 0.1) is 6.61 Å². The van der Waals surface area contributed by atoms with Crippen LogP contribution in [-0.2, 0) is 9.59 Å². The number of hydrogen-bond acceptors (Lipinski definition) is 4. The van der Waals surface area contributed by atoms with Crippen LogP contribution >= 0.6 is 0 Å². The molecule has 226 valence electrons. The molecule has 5 saturated carbocycles. The van der Waals surface area contributed by atoms with Gasteiger partial charge in [-0.3, -0.25) is 9.59 Å². The summed E-state index contributed by atoms with van der Waals surface area (Å²) in [7, 11) is 0. The SMILES string of the molecule is CCCCC(NC1CCCCC1)c1cccc(OCC[C@]23CCC4C(CCC5CC(=O)CC[C@@]54C)C2CCC3=O)c1. The summed E-state index contributed by atoms with van der Waals surface area (Å²) in [6.07, 6.45) is 20.2. The van der Waals surface area contributed by atoms with Crippen LogP contribution in [0.15, 0.2) is 24.3 Å². The molecule has 1 N–H and O–H groups in total. The Morgan fingerprint density at radius 1 is 0.976 bits per heavy atom. The summed E-state index contributed by atoms with van der Waals surface area (Å²) in [4.78, 5) is 25.8. The first kappa shape index (κ1) is 29.4. The zero-order chi connectivity index (χ0) is 28.5. The highest BCUT2D eigenvalue weighted by Gasteiger charge is 2.61. The molecule has 5 unspecified atom stereocenters. The van der Waals surface area contributed by atoms with Crippen molar-refractivity contribution in [3.8, 4) is 5.75 Å². The molecule has 0 aliphatic heterocycles. The molecule has 0 saturated heterocycles. The van der Waals surface area contributed by atoms with Crippen molar-refractivity contribution in [2.45, 2.75) is 142 Å². The van der Waals surface area contributed by atoms with Crippen LogP contribution in [0.1, 0.15) is 141 Å². The van der Waals surface area contributed by atoms with Crippen LogP contribution in [0.3, 0.4) is 0 Å². The molecule has 7 atom stereocenters. The third-order valence-corrected chi connectivity index (χ3v) is 12.9. The Labute approximate surface area is 249 Å². The van der Waals surface area contributed by atoms with E-state index in [0.717, 1.165) is 57.1 Å². The molecule has 0 bridgehead atoms. The van der Waals surface area contributed by atoms with Crippen molar-refractivity contribution < 1.29 is 14.3 Å². The fraction of sp³-hybridized carbons (Fsp3) is 0.784. The van der Waals surface area contributed by atoms with Crippen molar-refractivity contribution >= 4 is 11.6 Å². The molecule has 5 aliphatic carbocycles. The molecule has 1 aromatic rings. The van der Waals surface area contributed by atoms with E-state index < -0.39 is 0 Å². The quantitative estimate of drug-likeness (QED) is 0.310. The fourth-order valence-electron chi connectivity index (χ4n) is 10.6. The Bertz CT molecular complexity index is 1080. The van der Waals surface area contributed by atoms with Gasteiger partial charge < -0.3 is 10.1 Å². The van der Waals surface area contributed by atoms with E-state index in [2.05, 4.69) is 43.4 Å². The summed E-state index contributed by atoms with van der Waals surface area (Å²) >= 11 is 0. The van der Waals surface area contributed by atoms with Gasteiger partial charge in [-0.1, -0.05) is 58.1 Å². The van der Waals surface area contributed by atoms with Crippen molar-refractivity contribution in [1.29, 1.82) is 0 Å². The average Bonchev–Trinajstić information content (AvgIpc) is 3.32. The number of nitrogens with one attached hydrogen (secondary N) is 1. The largest absolute Gasteiger partial charge is 0.494 e. The summed E-state index contributed by atoms with van der Waals surface area (Å²) in [6, 6.07) is 9.84. The standard InChI is InChI=1S/C37H55NO3/c1-3-4-13-34(38-28-10-6-5-7-11-28)26-9-8-12-30(24-26)41-23-22-37-21-19-32-31(33(37)16-17-35(37)40)15-14-27-25-29(39)18-20-36(27,32)2/h8-9,12,24,27-28,31-34,38H,3-7,10-11,13-23,25H2,1-2H3/t27?,31?,32?,33?,34?,36-,37+/m0/s1. The Balaban J connectivity index is 1.11. The van der Waals surface area contributed by atoms with Crippen LogP contribution in [0.25, 0.3) is 0 Å². The highest BCUT2D eigenvalue weighted by atomic mass is 16.5. The van der Waals surface area contributed by atoms with Crippen LogP contribution in [0.5, 0.6) is 5.75 Å². The van der Waals surface area contributed by atoms with Crippen molar-refractivity contribution in [1.82, 2.24) is 5.32 Å². The van der Waals surface area contributed by atoms with E-state index in [1.165, 1.54) is 69.8 Å². The minimum atomic E-state index is -0.182. The molecule has 4 heteroatoms. The predicted molar refractivity (Wildman–Crippen MR) is 165 cm³/mol. The number of Topliss-reactive ketones (excluding diaryl/α,β-unsaturated/α-hetero) is 2. The van der Waals surface area contributed by atoms with Gasteiger partial charge in [-0.2, -0.15) is 0 Å². The van der Waals surface area contributed by atoms with Gasteiger partial charge in [0.15, 0.2) is 0 Å². The smallest absolute Gasteiger partial charge is 0.139 e. The number of ketones is 2. The lowest BCUT2D eigenvalue weighted by molar-refractivity contribution is -0.147. The van der Waals surface area contributed by atoms with Gasteiger partial charge in [0, 0.05) is 36.8 Å². The number of carbonyl (C=O) groups excluding carboxylic acids is 2. The first-order chi connectivity index (χ1) is 19.9. The zero-order valence-electron chi connectivity index (χ0n) is 25.9. The zero-order valence-corrected chi connectivity index (χ0v) is 25.9. The van der Waals surface area contributed by atoms with E-state index in [9.17, 15) is 9.59 Å². The molecule has 0 radical (unpaired) electrons. The maximum atomic E-state index is 13.6. The first-order valence-electron chi connectivity index (χ1n) is 17.5. The van der Waals surface area contributed by atoms with Crippen LogP contribution in [0.4, 0.5) is 0 Å². The fourth-order valence-corrected chi connectivity index (χ4v) is 10.6. The number of benzene rings is 1. The highest BCUT2D eigenvalue weighted by Crippen LogP contribution is 2.66. The van der Waals surface area contributed by atoms with Gasteiger partial charge >= 0.3 is 0 Å². The van der Waals surface area contributed by atoms with E-state index in [0.29, 0.717) is 59.3 Å². The van der Waals surface area contributed by atoms with Crippen molar-refractivity contribution in [2.24, 2.45) is 34.5 Å². The number of unbranched alkanes of at least 4 members (excludes halogenated alkanes) is 1. The van der Waals surface area contributed by atoms with Gasteiger partial charge in [0.25, 0.3) is 0 Å². The second-order valence-corrected chi connectivity index (χ2v) is 14.9. The summed E-state index contributed by atoms with van der Waals surface area (Å²) in [5.74, 6) is 4.37. The summed E-state index contributed by atoms with van der Waals surface area (Å²) in [5, 5.41) is 4.01. The predicted octanol–water partition coefficient (Wildman–Crippen LogP) is 8.77. The second kappa shape index (κ2) is 12.5. The Kier molecular flexibility index (Phi) is 8.97. The Morgan fingerprint density at radius 3 is 2.66 bits per heavy atom. The van der Waals surface area contributed by atoms with Crippen LogP contribution in [0, 0.1) is 34.5 Å². The average molecular weight is 562 g/mol. The van der Waals surface area contributed by atoms with Gasteiger partial charge in [-0.05, 0) is 111 Å². The van der Waals surface area contributed by atoms with E-state index in [1.807, 2.05) is 0 Å². The monoisotopic (exact) mass is 561 g/mol. The molecule has 4 nitrogen and oxygen atoms in total. The molecular weight excluding hydrogens is 506 g/mol. The summed E-state index contributed by atoms with van der Waals surface area (Å²) < 4.78 is 6.48. The molecule has 1 aromatic carbocycles. The van der Waals surface area contributed by atoms with E-state index in [1.54, 1.807) is 0 Å². The maximum absolute atomic E-state index is 13.6. The molecule has 5 fully saturated rings. The normalized spacial score (nSPS) is 36.3. The van der Waals surface area contributed by atoms with E-state index in [4.69, 9.17) is 4.74 Å². The Hall–Kier alpha value is -1.68. The first-order valence-corrected chi connectivity index (χ1v) is 17.5. The second-order valence-electron chi connectivity index (χ2n) is 14.9. The third kappa shape index (κ3) is 5.80. The number of fused-ring (bicyclic) bond motifs is 5. The number of rotatable bonds is 10. The topological polar surface area (TPSA) is 55.4 Å². The van der Waals surface area contributed by atoms with Crippen molar-refractivity contribution in [3.63, 3.8) is 0 Å². The van der Waals surface area contributed by atoms with Gasteiger partial charge in [-0.15, -0.1) is 0 Å². The molecule has 0 amide bonds. The molecule has 0 spiro atoms. The minimum Gasteiger partial charge on any atom is -0.494 e. The van der Waals surface area contributed by atoms with Crippen molar-refractivity contribution in [3.05, 3.63) is 29.8 Å². The van der Waals surface area contributed by atoms with Crippen molar-refractivity contribution in [2.75, 3.05) is 6.61 Å². The molecule has 6 rings (SSSR count). The lowest BCUT2D eigenvalue weighted by Crippen LogP contribution is -2.54. The van der Waals surface area contributed by atoms with Gasteiger partial charge in [-0.25, -0.2) is 0 Å². The maximum Gasteiger partial charge on any atom is 0.139 e. The van der Waals surface area contributed by atoms with E-state index in [-0.39, 0.29) is 5.41 Å². The lowest BCUT2D eigenvalue weighted by atomic mass is 9.45. The molecule has 5 aliphatic rings. The van der Waals surface area contributed by atoms with Gasteiger partial charge in [0.2, 0.25) is 0 Å². The lowest BCUT2D eigenvalue weighted by Gasteiger charge is -2.59. The highest BCUT2D eigenvalue weighted by molar-refractivity contribution is 5.87.